The van der Waals surface area contributed by atoms with Crippen LogP contribution in [-0.2, 0) is 0 Å². The average Bonchev–Trinajstić information content (AvgIpc) is 2.28. The SMILES string of the molecule is CCCC(CC)NC(C)c1ccccc1Br. The molecule has 16 heavy (non-hydrogen) atoms. The zero-order chi connectivity index (χ0) is 12.0. The van der Waals surface area contributed by atoms with E-state index in [1.165, 1.54) is 29.3 Å². The second-order valence-electron chi connectivity index (χ2n) is 4.30. The largest absolute Gasteiger partial charge is 0.307 e. The summed E-state index contributed by atoms with van der Waals surface area (Å²) in [7, 11) is 0. The molecule has 2 atom stereocenters. The van der Waals surface area contributed by atoms with Crippen LogP contribution in [0.5, 0.6) is 0 Å². The Morgan fingerprint density at radius 3 is 2.50 bits per heavy atom. The Morgan fingerprint density at radius 1 is 1.25 bits per heavy atom. The van der Waals surface area contributed by atoms with Gasteiger partial charge in [0.15, 0.2) is 0 Å². The van der Waals surface area contributed by atoms with Crippen LogP contribution in [0.25, 0.3) is 0 Å². The normalized spacial score (nSPS) is 14.8. The second kappa shape index (κ2) is 7.08. The van der Waals surface area contributed by atoms with E-state index in [1.54, 1.807) is 0 Å². The predicted octanol–water partition coefficient (Wildman–Crippen LogP) is 4.68. The molecule has 0 saturated carbocycles. The molecule has 1 aromatic carbocycles. The van der Waals surface area contributed by atoms with Crippen LogP contribution < -0.4 is 5.32 Å². The summed E-state index contributed by atoms with van der Waals surface area (Å²) in [6, 6.07) is 9.48. The van der Waals surface area contributed by atoms with Gasteiger partial charge in [-0.3, -0.25) is 0 Å². The lowest BCUT2D eigenvalue weighted by molar-refractivity contribution is 0.416. The Labute approximate surface area is 108 Å². The van der Waals surface area contributed by atoms with E-state index >= 15 is 0 Å². The monoisotopic (exact) mass is 283 g/mol. The molecule has 0 aliphatic carbocycles. The number of nitrogens with one attached hydrogen (secondary N) is 1. The molecular formula is C14H22BrN. The van der Waals surface area contributed by atoms with Crippen LogP contribution in [0.4, 0.5) is 0 Å². The van der Waals surface area contributed by atoms with Crippen molar-refractivity contribution in [3.63, 3.8) is 0 Å². The molecule has 0 radical (unpaired) electrons. The first-order valence-electron chi connectivity index (χ1n) is 6.19. The highest BCUT2D eigenvalue weighted by atomic mass is 79.9. The summed E-state index contributed by atoms with van der Waals surface area (Å²) in [5.41, 5.74) is 1.34. The van der Waals surface area contributed by atoms with Gasteiger partial charge in [0.25, 0.3) is 0 Å². The highest BCUT2D eigenvalue weighted by molar-refractivity contribution is 9.10. The van der Waals surface area contributed by atoms with Crippen molar-refractivity contribution in [1.29, 1.82) is 0 Å². The lowest BCUT2D eigenvalue weighted by Crippen LogP contribution is -2.31. The maximum absolute atomic E-state index is 3.69. The van der Waals surface area contributed by atoms with Crippen LogP contribution in [0, 0.1) is 0 Å². The van der Waals surface area contributed by atoms with Crippen molar-refractivity contribution >= 4 is 15.9 Å². The highest BCUT2D eigenvalue weighted by Gasteiger charge is 2.12. The second-order valence-corrected chi connectivity index (χ2v) is 5.16. The summed E-state index contributed by atoms with van der Waals surface area (Å²) in [6.45, 7) is 6.73. The van der Waals surface area contributed by atoms with Gasteiger partial charge in [0.2, 0.25) is 0 Å². The van der Waals surface area contributed by atoms with Crippen LogP contribution in [-0.4, -0.2) is 6.04 Å². The van der Waals surface area contributed by atoms with Gasteiger partial charge in [0.1, 0.15) is 0 Å². The summed E-state index contributed by atoms with van der Waals surface area (Å²) in [6.07, 6.45) is 3.70. The van der Waals surface area contributed by atoms with Crippen molar-refractivity contribution in [2.75, 3.05) is 0 Å². The highest BCUT2D eigenvalue weighted by Crippen LogP contribution is 2.23. The molecule has 0 aromatic heterocycles. The molecule has 0 aliphatic heterocycles. The molecule has 0 amide bonds. The molecule has 2 heteroatoms. The van der Waals surface area contributed by atoms with Crippen molar-refractivity contribution in [2.45, 2.75) is 52.1 Å². The third-order valence-corrected chi connectivity index (χ3v) is 3.71. The molecule has 1 aromatic rings. The van der Waals surface area contributed by atoms with E-state index < -0.39 is 0 Å². The number of rotatable bonds is 6. The van der Waals surface area contributed by atoms with Crippen molar-refractivity contribution in [3.8, 4) is 0 Å². The van der Waals surface area contributed by atoms with E-state index in [0.717, 1.165) is 0 Å². The van der Waals surface area contributed by atoms with Crippen molar-refractivity contribution in [3.05, 3.63) is 34.3 Å². The Morgan fingerprint density at radius 2 is 1.94 bits per heavy atom. The minimum atomic E-state index is 0.409. The predicted molar refractivity (Wildman–Crippen MR) is 74.7 cm³/mol. The first-order valence-corrected chi connectivity index (χ1v) is 6.98. The Kier molecular flexibility index (Phi) is 6.07. The standard InChI is InChI=1S/C14H22BrN/c1-4-8-12(5-2)16-11(3)13-9-6-7-10-14(13)15/h6-7,9-12,16H,4-5,8H2,1-3H3. The molecule has 0 fully saturated rings. The molecule has 90 valence electrons. The van der Waals surface area contributed by atoms with Gasteiger partial charge in [-0.15, -0.1) is 0 Å². The van der Waals surface area contributed by atoms with Gasteiger partial charge in [-0.25, -0.2) is 0 Å². The molecule has 2 unspecified atom stereocenters. The average molecular weight is 284 g/mol. The summed E-state index contributed by atoms with van der Waals surface area (Å²) in [5.74, 6) is 0. The van der Waals surface area contributed by atoms with E-state index in [2.05, 4.69) is 66.3 Å². The Hall–Kier alpha value is -0.340. The molecule has 1 nitrogen and oxygen atoms in total. The Balaban J connectivity index is 2.64. The molecule has 0 heterocycles. The quantitative estimate of drug-likeness (QED) is 0.800. The van der Waals surface area contributed by atoms with E-state index in [-0.39, 0.29) is 0 Å². The van der Waals surface area contributed by atoms with Crippen molar-refractivity contribution < 1.29 is 0 Å². The molecule has 0 saturated heterocycles. The molecule has 1 rings (SSSR count). The van der Waals surface area contributed by atoms with E-state index in [9.17, 15) is 0 Å². The summed E-state index contributed by atoms with van der Waals surface area (Å²) in [4.78, 5) is 0. The summed E-state index contributed by atoms with van der Waals surface area (Å²) >= 11 is 3.61. The summed E-state index contributed by atoms with van der Waals surface area (Å²) < 4.78 is 1.20. The topological polar surface area (TPSA) is 12.0 Å². The van der Waals surface area contributed by atoms with Gasteiger partial charge < -0.3 is 5.32 Å². The Bertz CT molecular complexity index is 311. The number of hydrogen-bond donors (Lipinski definition) is 1. The lowest BCUT2D eigenvalue weighted by atomic mass is 10.0. The fraction of sp³-hybridized carbons (Fsp3) is 0.571. The van der Waals surface area contributed by atoms with Gasteiger partial charge in [0.05, 0.1) is 0 Å². The maximum Gasteiger partial charge on any atom is 0.0305 e. The number of benzene rings is 1. The van der Waals surface area contributed by atoms with Crippen LogP contribution in [0.1, 0.15) is 51.6 Å². The van der Waals surface area contributed by atoms with E-state index in [4.69, 9.17) is 0 Å². The van der Waals surface area contributed by atoms with Crippen LogP contribution in [0.2, 0.25) is 0 Å². The van der Waals surface area contributed by atoms with Gasteiger partial charge >= 0.3 is 0 Å². The third-order valence-electron chi connectivity index (χ3n) is 2.99. The molecule has 1 N–H and O–H groups in total. The van der Waals surface area contributed by atoms with Gasteiger partial charge in [-0.2, -0.15) is 0 Å². The smallest absolute Gasteiger partial charge is 0.0305 e. The number of hydrogen-bond acceptors (Lipinski definition) is 1. The first-order chi connectivity index (χ1) is 7.69. The van der Waals surface area contributed by atoms with Crippen LogP contribution in [0.3, 0.4) is 0 Å². The maximum atomic E-state index is 3.69. The molecule has 0 aliphatic rings. The van der Waals surface area contributed by atoms with Crippen molar-refractivity contribution in [2.24, 2.45) is 0 Å². The lowest BCUT2D eigenvalue weighted by Gasteiger charge is -2.23. The van der Waals surface area contributed by atoms with Gasteiger partial charge in [0, 0.05) is 16.6 Å². The first kappa shape index (κ1) is 13.7. The van der Waals surface area contributed by atoms with Crippen LogP contribution in [0.15, 0.2) is 28.7 Å². The van der Waals surface area contributed by atoms with Crippen molar-refractivity contribution in [1.82, 2.24) is 5.32 Å². The third kappa shape index (κ3) is 3.91. The summed E-state index contributed by atoms with van der Waals surface area (Å²) in [5, 5.41) is 3.69. The zero-order valence-corrected chi connectivity index (χ0v) is 12.0. The van der Waals surface area contributed by atoms with E-state index in [0.29, 0.717) is 12.1 Å². The van der Waals surface area contributed by atoms with Gasteiger partial charge in [-0.1, -0.05) is 54.4 Å². The fourth-order valence-electron chi connectivity index (χ4n) is 2.02. The van der Waals surface area contributed by atoms with Crippen LogP contribution >= 0.6 is 15.9 Å². The molecule has 0 bridgehead atoms. The van der Waals surface area contributed by atoms with E-state index in [1.807, 2.05) is 0 Å². The number of halogens is 1. The molecule has 0 spiro atoms. The zero-order valence-electron chi connectivity index (χ0n) is 10.5. The minimum Gasteiger partial charge on any atom is -0.307 e. The fourth-order valence-corrected chi connectivity index (χ4v) is 2.65. The minimum absolute atomic E-state index is 0.409. The molecular weight excluding hydrogens is 262 g/mol. The van der Waals surface area contributed by atoms with Gasteiger partial charge in [-0.05, 0) is 31.4 Å².